The highest BCUT2D eigenvalue weighted by Crippen LogP contribution is 2.29. The van der Waals surface area contributed by atoms with Gasteiger partial charge >= 0.3 is 0 Å². The molecule has 0 unspecified atom stereocenters. The van der Waals surface area contributed by atoms with Gasteiger partial charge in [0.2, 0.25) is 5.91 Å². The molecule has 1 aliphatic rings. The second-order valence-corrected chi connectivity index (χ2v) is 5.89. The summed E-state index contributed by atoms with van der Waals surface area (Å²) in [6, 6.07) is 7.84. The molecule has 0 saturated heterocycles. The smallest absolute Gasteiger partial charge is 0.220 e. The summed E-state index contributed by atoms with van der Waals surface area (Å²) in [5, 5.41) is 12.5. The van der Waals surface area contributed by atoms with Crippen LogP contribution in [0.2, 0.25) is 0 Å². The Morgan fingerprint density at radius 2 is 2.10 bits per heavy atom. The number of nitrogens with zero attached hydrogens (tertiary/aromatic N) is 1. The molecule has 0 radical (unpaired) electrons. The van der Waals surface area contributed by atoms with E-state index in [1.807, 2.05) is 24.3 Å². The second-order valence-electron chi connectivity index (χ2n) is 5.89. The molecule has 1 amide bonds. The van der Waals surface area contributed by atoms with E-state index in [4.69, 9.17) is 0 Å². The SMILES string of the molecule is O=C(CCc1nc2ccccc2[nH]1)NC1(CO)CCCC1. The average molecular weight is 287 g/mol. The van der Waals surface area contributed by atoms with Crippen LogP contribution in [-0.2, 0) is 11.2 Å². The fourth-order valence-corrected chi connectivity index (χ4v) is 3.09. The summed E-state index contributed by atoms with van der Waals surface area (Å²) in [6.45, 7) is 0.0311. The van der Waals surface area contributed by atoms with Crippen molar-refractivity contribution >= 4 is 16.9 Å². The van der Waals surface area contributed by atoms with E-state index in [-0.39, 0.29) is 18.1 Å². The number of aromatic amines is 1. The number of amides is 1. The van der Waals surface area contributed by atoms with Crippen LogP contribution >= 0.6 is 0 Å². The predicted molar refractivity (Wildman–Crippen MR) is 80.8 cm³/mol. The Labute approximate surface area is 123 Å². The number of aliphatic hydroxyl groups is 1. The van der Waals surface area contributed by atoms with E-state index >= 15 is 0 Å². The molecule has 0 spiro atoms. The number of benzene rings is 1. The molecule has 0 bridgehead atoms. The number of carbonyl (C=O) groups is 1. The van der Waals surface area contributed by atoms with Gasteiger partial charge in [0.1, 0.15) is 5.82 Å². The number of nitrogens with one attached hydrogen (secondary N) is 2. The normalized spacial score (nSPS) is 17.2. The standard InChI is InChI=1S/C16H21N3O2/c20-11-16(9-3-4-10-16)19-15(21)8-7-14-17-12-5-1-2-6-13(12)18-14/h1-2,5-6,20H,3-4,7-11H2,(H,17,18)(H,19,21). The number of aryl methyl sites for hydroxylation is 1. The third-order valence-corrected chi connectivity index (χ3v) is 4.30. The van der Waals surface area contributed by atoms with E-state index in [2.05, 4.69) is 15.3 Å². The lowest BCUT2D eigenvalue weighted by atomic mass is 9.98. The van der Waals surface area contributed by atoms with Crippen LogP contribution in [0.15, 0.2) is 24.3 Å². The van der Waals surface area contributed by atoms with Gasteiger partial charge in [-0.3, -0.25) is 4.79 Å². The molecule has 1 aliphatic carbocycles. The maximum atomic E-state index is 12.1. The summed E-state index contributed by atoms with van der Waals surface area (Å²) in [5.41, 5.74) is 1.54. The van der Waals surface area contributed by atoms with Gasteiger partial charge in [0.05, 0.1) is 23.2 Å². The Morgan fingerprint density at radius 1 is 1.33 bits per heavy atom. The van der Waals surface area contributed by atoms with Crippen LogP contribution in [0, 0.1) is 0 Å². The number of fused-ring (bicyclic) bond motifs is 1. The van der Waals surface area contributed by atoms with Crippen molar-refractivity contribution in [3.8, 4) is 0 Å². The minimum Gasteiger partial charge on any atom is -0.394 e. The van der Waals surface area contributed by atoms with E-state index in [1.54, 1.807) is 0 Å². The van der Waals surface area contributed by atoms with Crippen molar-refractivity contribution in [3.05, 3.63) is 30.1 Å². The van der Waals surface area contributed by atoms with Gasteiger partial charge in [-0.1, -0.05) is 25.0 Å². The third kappa shape index (κ3) is 3.08. The first-order valence-electron chi connectivity index (χ1n) is 7.56. The first-order chi connectivity index (χ1) is 10.2. The van der Waals surface area contributed by atoms with Crippen LogP contribution in [0.3, 0.4) is 0 Å². The van der Waals surface area contributed by atoms with Crippen LogP contribution in [0.4, 0.5) is 0 Å². The molecule has 1 aromatic heterocycles. The molecule has 0 atom stereocenters. The minimum absolute atomic E-state index is 0.00796. The molecule has 1 saturated carbocycles. The number of imidazole rings is 1. The Kier molecular flexibility index (Phi) is 3.92. The van der Waals surface area contributed by atoms with Crippen LogP contribution < -0.4 is 5.32 Å². The highest BCUT2D eigenvalue weighted by Gasteiger charge is 2.34. The first kappa shape index (κ1) is 14.1. The van der Waals surface area contributed by atoms with Gasteiger partial charge in [0.15, 0.2) is 0 Å². The lowest BCUT2D eigenvalue weighted by molar-refractivity contribution is -0.123. The van der Waals surface area contributed by atoms with Crippen LogP contribution in [0.25, 0.3) is 11.0 Å². The number of rotatable bonds is 5. The van der Waals surface area contributed by atoms with E-state index in [0.717, 1.165) is 42.5 Å². The van der Waals surface area contributed by atoms with E-state index in [1.165, 1.54) is 0 Å². The fourth-order valence-electron chi connectivity index (χ4n) is 3.09. The van der Waals surface area contributed by atoms with Gasteiger partial charge in [-0.15, -0.1) is 0 Å². The van der Waals surface area contributed by atoms with Crippen LogP contribution in [0.1, 0.15) is 37.9 Å². The number of carbonyl (C=O) groups excluding carboxylic acids is 1. The Morgan fingerprint density at radius 3 is 2.81 bits per heavy atom. The highest BCUT2D eigenvalue weighted by atomic mass is 16.3. The molecule has 5 nitrogen and oxygen atoms in total. The fraction of sp³-hybridized carbons (Fsp3) is 0.500. The van der Waals surface area contributed by atoms with Crippen molar-refractivity contribution in [3.63, 3.8) is 0 Å². The molecule has 112 valence electrons. The molecule has 0 aliphatic heterocycles. The Hall–Kier alpha value is -1.88. The molecule has 1 heterocycles. The average Bonchev–Trinajstić information content (AvgIpc) is 3.11. The zero-order chi connectivity index (χ0) is 14.7. The quantitative estimate of drug-likeness (QED) is 0.786. The van der Waals surface area contributed by atoms with Gasteiger partial charge in [0, 0.05) is 12.8 Å². The Bertz CT molecular complexity index is 596. The van der Waals surface area contributed by atoms with E-state index < -0.39 is 0 Å². The van der Waals surface area contributed by atoms with Crippen molar-refractivity contribution < 1.29 is 9.90 Å². The van der Waals surface area contributed by atoms with E-state index in [0.29, 0.717) is 12.8 Å². The monoisotopic (exact) mass is 287 g/mol. The first-order valence-corrected chi connectivity index (χ1v) is 7.56. The summed E-state index contributed by atoms with van der Waals surface area (Å²) < 4.78 is 0. The zero-order valence-electron chi connectivity index (χ0n) is 12.1. The summed E-state index contributed by atoms with van der Waals surface area (Å²) in [7, 11) is 0. The van der Waals surface area contributed by atoms with Gasteiger partial charge in [-0.2, -0.15) is 0 Å². The molecule has 2 aromatic rings. The largest absolute Gasteiger partial charge is 0.394 e. The van der Waals surface area contributed by atoms with Gasteiger partial charge in [0.25, 0.3) is 0 Å². The van der Waals surface area contributed by atoms with Crippen LogP contribution in [0.5, 0.6) is 0 Å². The molecule has 5 heteroatoms. The molecule has 1 aromatic carbocycles. The molecule has 21 heavy (non-hydrogen) atoms. The summed E-state index contributed by atoms with van der Waals surface area (Å²) in [5.74, 6) is 0.822. The van der Waals surface area contributed by atoms with E-state index in [9.17, 15) is 9.90 Å². The molecular weight excluding hydrogens is 266 g/mol. The maximum absolute atomic E-state index is 12.1. The summed E-state index contributed by atoms with van der Waals surface area (Å²) >= 11 is 0. The van der Waals surface area contributed by atoms with Crippen molar-refractivity contribution in [1.82, 2.24) is 15.3 Å². The predicted octanol–water partition coefficient (Wildman–Crippen LogP) is 1.92. The molecule has 1 fully saturated rings. The second kappa shape index (κ2) is 5.85. The summed E-state index contributed by atoms with van der Waals surface area (Å²) in [4.78, 5) is 19.8. The number of aliphatic hydroxyl groups excluding tert-OH is 1. The topological polar surface area (TPSA) is 78.0 Å². The van der Waals surface area contributed by atoms with Crippen LogP contribution in [-0.4, -0.2) is 33.1 Å². The van der Waals surface area contributed by atoms with Crippen molar-refractivity contribution in [2.45, 2.75) is 44.1 Å². The lowest BCUT2D eigenvalue weighted by Crippen LogP contribution is -2.49. The molecule has 3 rings (SSSR count). The number of para-hydroxylation sites is 2. The van der Waals surface area contributed by atoms with Gasteiger partial charge < -0.3 is 15.4 Å². The highest BCUT2D eigenvalue weighted by molar-refractivity contribution is 5.78. The zero-order valence-corrected chi connectivity index (χ0v) is 12.1. The number of H-pyrrole nitrogens is 1. The maximum Gasteiger partial charge on any atom is 0.220 e. The molecule has 3 N–H and O–H groups in total. The lowest BCUT2D eigenvalue weighted by Gasteiger charge is -2.27. The van der Waals surface area contributed by atoms with Crippen molar-refractivity contribution in [2.24, 2.45) is 0 Å². The molecular formula is C16H21N3O2. The third-order valence-electron chi connectivity index (χ3n) is 4.30. The van der Waals surface area contributed by atoms with Crippen molar-refractivity contribution in [2.75, 3.05) is 6.61 Å². The Balaban J connectivity index is 1.58. The number of hydrogen-bond donors (Lipinski definition) is 3. The summed E-state index contributed by atoms with van der Waals surface area (Å²) in [6.07, 6.45) is 4.87. The number of hydrogen-bond acceptors (Lipinski definition) is 3. The van der Waals surface area contributed by atoms with Gasteiger partial charge in [-0.25, -0.2) is 4.98 Å². The number of aromatic nitrogens is 2. The minimum atomic E-state index is -0.384. The van der Waals surface area contributed by atoms with Gasteiger partial charge in [-0.05, 0) is 25.0 Å². The van der Waals surface area contributed by atoms with Crippen molar-refractivity contribution in [1.29, 1.82) is 0 Å².